The summed E-state index contributed by atoms with van der Waals surface area (Å²) in [6, 6.07) is 5.18. The topological polar surface area (TPSA) is 97.9 Å². The minimum Gasteiger partial charge on any atom is -0.431 e. The van der Waals surface area contributed by atoms with Crippen molar-refractivity contribution in [1.82, 2.24) is 25.1 Å². The molecule has 2 heterocycles. The van der Waals surface area contributed by atoms with Crippen molar-refractivity contribution in [3.63, 3.8) is 0 Å². The summed E-state index contributed by atoms with van der Waals surface area (Å²) in [7, 11) is 0. The Kier molecular flexibility index (Phi) is 5.77. The number of benzene rings is 1. The van der Waals surface area contributed by atoms with E-state index in [-0.39, 0.29) is 6.03 Å². The lowest BCUT2D eigenvalue weighted by molar-refractivity contribution is 0.251. The molecule has 2 aromatic heterocycles. The second-order valence-electron chi connectivity index (χ2n) is 5.76. The van der Waals surface area contributed by atoms with E-state index in [9.17, 15) is 4.79 Å². The van der Waals surface area contributed by atoms with E-state index in [1.165, 1.54) is 0 Å². The molecule has 138 valence electrons. The molecule has 0 saturated heterocycles. The van der Waals surface area contributed by atoms with Gasteiger partial charge >= 0.3 is 6.03 Å². The lowest BCUT2D eigenvalue weighted by Gasteiger charge is -2.08. The Morgan fingerprint density at radius 2 is 2.15 bits per heavy atom. The van der Waals surface area contributed by atoms with Gasteiger partial charge in [0.1, 0.15) is 17.2 Å². The van der Waals surface area contributed by atoms with E-state index in [0.717, 1.165) is 35.9 Å². The van der Waals surface area contributed by atoms with E-state index < -0.39 is 0 Å². The van der Waals surface area contributed by atoms with E-state index >= 15 is 0 Å². The Balaban J connectivity index is 1.48. The van der Waals surface area contributed by atoms with Gasteiger partial charge in [0.25, 0.3) is 5.22 Å². The summed E-state index contributed by atoms with van der Waals surface area (Å²) in [6.45, 7) is 7.09. The summed E-state index contributed by atoms with van der Waals surface area (Å²) in [5, 5.41) is 10.6. The van der Waals surface area contributed by atoms with Gasteiger partial charge < -0.3 is 15.1 Å². The number of rotatable bonds is 7. The van der Waals surface area contributed by atoms with Crippen molar-refractivity contribution in [3.05, 3.63) is 29.8 Å². The Hall–Kier alpha value is -2.55. The molecule has 8 nitrogen and oxygen atoms in total. The molecule has 0 aliphatic heterocycles. The highest BCUT2D eigenvalue weighted by molar-refractivity contribution is 7.99. The first-order valence-corrected chi connectivity index (χ1v) is 9.50. The second-order valence-corrected chi connectivity index (χ2v) is 6.97. The fourth-order valence-corrected chi connectivity index (χ4v) is 3.10. The van der Waals surface area contributed by atoms with Crippen LogP contribution in [0.4, 0.5) is 10.5 Å². The predicted octanol–water partition coefficient (Wildman–Crippen LogP) is 3.36. The summed E-state index contributed by atoms with van der Waals surface area (Å²) < 4.78 is 7.50. The monoisotopic (exact) mass is 374 g/mol. The molecule has 2 N–H and O–H groups in total. The summed E-state index contributed by atoms with van der Waals surface area (Å²) in [5.74, 6) is 2.54. The zero-order chi connectivity index (χ0) is 18.5. The third-order valence-electron chi connectivity index (χ3n) is 3.69. The second kappa shape index (κ2) is 8.22. The maximum atomic E-state index is 12.0. The number of oxazole rings is 1. The van der Waals surface area contributed by atoms with Crippen molar-refractivity contribution < 1.29 is 9.21 Å². The number of hydrogen-bond donors (Lipinski definition) is 2. The van der Waals surface area contributed by atoms with Crippen molar-refractivity contribution in [3.8, 4) is 0 Å². The molecular weight excluding hydrogens is 352 g/mol. The van der Waals surface area contributed by atoms with Gasteiger partial charge in [0.2, 0.25) is 0 Å². The minimum atomic E-state index is -0.251. The SMILES string of the molecule is CCSc1nc2ccc(NC(=O)NCCCn3nc(C)nc3C)cc2o1. The van der Waals surface area contributed by atoms with E-state index in [1.807, 2.05) is 37.6 Å². The number of nitrogens with zero attached hydrogens (tertiary/aromatic N) is 4. The number of nitrogens with one attached hydrogen (secondary N) is 2. The molecule has 0 unspecified atom stereocenters. The van der Waals surface area contributed by atoms with Crippen LogP contribution in [0.15, 0.2) is 27.8 Å². The Labute approximate surface area is 155 Å². The third kappa shape index (κ3) is 4.54. The van der Waals surface area contributed by atoms with Gasteiger partial charge in [-0.05, 0) is 38.2 Å². The highest BCUT2D eigenvalue weighted by Crippen LogP contribution is 2.25. The zero-order valence-corrected chi connectivity index (χ0v) is 15.9. The first-order valence-electron chi connectivity index (χ1n) is 8.51. The van der Waals surface area contributed by atoms with Gasteiger partial charge in [0, 0.05) is 24.8 Å². The van der Waals surface area contributed by atoms with Gasteiger partial charge in [-0.1, -0.05) is 18.7 Å². The fourth-order valence-electron chi connectivity index (χ4n) is 2.55. The van der Waals surface area contributed by atoms with Crippen LogP contribution in [0, 0.1) is 13.8 Å². The van der Waals surface area contributed by atoms with Crippen molar-refractivity contribution in [2.45, 2.75) is 39.0 Å². The first kappa shape index (κ1) is 18.2. The predicted molar refractivity (Wildman–Crippen MR) is 102 cm³/mol. The highest BCUT2D eigenvalue weighted by atomic mass is 32.2. The van der Waals surface area contributed by atoms with Crippen molar-refractivity contribution in [2.75, 3.05) is 17.6 Å². The van der Waals surface area contributed by atoms with Gasteiger partial charge in [-0.15, -0.1) is 0 Å². The van der Waals surface area contributed by atoms with E-state index in [4.69, 9.17) is 4.42 Å². The molecule has 0 spiro atoms. The van der Waals surface area contributed by atoms with Gasteiger partial charge in [0.05, 0.1) is 0 Å². The number of carbonyl (C=O) groups excluding carboxylic acids is 1. The Morgan fingerprint density at radius 3 is 2.88 bits per heavy atom. The molecular formula is C17H22N6O2S. The molecule has 0 aliphatic rings. The van der Waals surface area contributed by atoms with Gasteiger partial charge in [0.15, 0.2) is 5.58 Å². The third-order valence-corrected chi connectivity index (χ3v) is 4.40. The molecule has 26 heavy (non-hydrogen) atoms. The van der Waals surface area contributed by atoms with E-state index in [0.29, 0.717) is 23.0 Å². The molecule has 3 aromatic rings. The van der Waals surface area contributed by atoms with Crippen LogP contribution in [0.5, 0.6) is 0 Å². The summed E-state index contributed by atoms with van der Waals surface area (Å²) >= 11 is 1.55. The maximum absolute atomic E-state index is 12.0. The number of anilines is 1. The average molecular weight is 374 g/mol. The number of amides is 2. The Morgan fingerprint density at radius 1 is 1.31 bits per heavy atom. The van der Waals surface area contributed by atoms with Crippen molar-refractivity contribution in [1.29, 1.82) is 0 Å². The number of fused-ring (bicyclic) bond motifs is 1. The lowest BCUT2D eigenvalue weighted by Crippen LogP contribution is -2.30. The standard InChI is InChI=1S/C17H22N6O2S/c1-4-26-17-21-14-7-6-13(10-15(14)25-17)20-16(24)18-8-5-9-23-12(3)19-11(2)22-23/h6-7,10H,4-5,8-9H2,1-3H3,(H2,18,20,24). The van der Waals surface area contributed by atoms with Gasteiger partial charge in [-0.25, -0.2) is 14.8 Å². The summed E-state index contributed by atoms with van der Waals surface area (Å²) in [4.78, 5) is 20.7. The van der Waals surface area contributed by atoms with Crippen LogP contribution in [0.1, 0.15) is 25.0 Å². The van der Waals surface area contributed by atoms with Crippen LogP contribution in [0.25, 0.3) is 11.1 Å². The molecule has 9 heteroatoms. The fraction of sp³-hybridized carbons (Fsp3) is 0.412. The number of thioether (sulfide) groups is 1. The lowest BCUT2D eigenvalue weighted by atomic mass is 10.3. The quantitative estimate of drug-likeness (QED) is 0.486. The maximum Gasteiger partial charge on any atom is 0.319 e. The van der Waals surface area contributed by atoms with Gasteiger partial charge in [-0.2, -0.15) is 5.10 Å². The van der Waals surface area contributed by atoms with Crippen molar-refractivity contribution >= 4 is 34.6 Å². The zero-order valence-electron chi connectivity index (χ0n) is 15.1. The number of aromatic nitrogens is 4. The van der Waals surface area contributed by atoms with E-state index in [1.54, 1.807) is 17.8 Å². The smallest absolute Gasteiger partial charge is 0.319 e. The molecule has 0 bridgehead atoms. The van der Waals surface area contributed by atoms with Crippen LogP contribution >= 0.6 is 11.8 Å². The summed E-state index contributed by atoms with van der Waals surface area (Å²) in [5.41, 5.74) is 2.11. The first-order chi connectivity index (χ1) is 12.5. The molecule has 0 saturated carbocycles. The van der Waals surface area contributed by atoms with Crippen LogP contribution in [0.2, 0.25) is 0 Å². The number of aryl methyl sites for hydroxylation is 3. The normalized spacial score (nSPS) is 11.0. The largest absolute Gasteiger partial charge is 0.431 e. The average Bonchev–Trinajstić information content (AvgIpc) is 3.13. The molecule has 0 radical (unpaired) electrons. The molecule has 0 fully saturated rings. The van der Waals surface area contributed by atoms with Crippen LogP contribution < -0.4 is 10.6 Å². The van der Waals surface area contributed by atoms with Gasteiger partial charge in [-0.3, -0.25) is 4.68 Å². The number of hydrogen-bond acceptors (Lipinski definition) is 6. The molecule has 0 aliphatic carbocycles. The molecule has 3 rings (SSSR count). The number of carbonyl (C=O) groups is 1. The molecule has 1 aromatic carbocycles. The van der Waals surface area contributed by atoms with Crippen molar-refractivity contribution in [2.24, 2.45) is 0 Å². The molecule has 0 atom stereocenters. The van der Waals surface area contributed by atoms with Crippen LogP contribution in [0.3, 0.4) is 0 Å². The molecule has 2 amide bonds. The highest BCUT2D eigenvalue weighted by Gasteiger charge is 2.08. The minimum absolute atomic E-state index is 0.251. The number of urea groups is 1. The summed E-state index contributed by atoms with van der Waals surface area (Å²) in [6.07, 6.45) is 0.774. The Bertz CT molecular complexity index is 904. The van der Waals surface area contributed by atoms with Crippen LogP contribution in [-0.2, 0) is 6.54 Å². The van der Waals surface area contributed by atoms with Crippen LogP contribution in [-0.4, -0.2) is 38.1 Å². The van der Waals surface area contributed by atoms with E-state index in [2.05, 4.69) is 25.7 Å².